The Morgan fingerprint density at radius 1 is 0.906 bits per heavy atom. The molecule has 0 fully saturated rings. The fraction of sp³-hybridized carbons (Fsp3) is 0.0870. The Balaban J connectivity index is 0.00000363. The van der Waals surface area contributed by atoms with Crippen LogP contribution in [-0.4, -0.2) is 32.2 Å². The summed E-state index contributed by atoms with van der Waals surface area (Å²) in [5.74, 6) is 0.158. The van der Waals surface area contributed by atoms with Gasteiger partial charge in [-0.05, 0) is 48.5 Å². The van der Waals surface area contributed by atoms with Gasteiger partial charge in [0.1, 0.15) is 0 Å². The number of hydrogen-bond acceptors (Lipinski definition) is 4. The lowest BCUT2D eigenvalue weighted by Crippen LogP contribution is -3.00. The van der Waals surface area contributed by atoms with E-state index in [1.54, 1.807) is 42.6 Å². The number of amides is 2. The highest BCUT2D eigenvalue weighted by molar-refractivity contribution is 9.10. The molecule has 0 aromatic heterocycles. The zero-order valence-corrected chi connectivity index (χ0v) is 20.5. The highest BCUT2D eigenvalue weighted by Gasteiger charge is 2.17. The molecule has 0 aliphatic heterocycles. The molecule has 0 bridgehead atoms. The number of nitrogens with one attached hydrogen (secondary N) is 3. The zero-order valence-electron chi connectivity index (χ0n) is 17.3. The maximum absolute atomic E-state index is 12.8. The Bertz CT molecular complexity index is 1120. The number of benzene rings is 3. The zero-order chi connectivity index (χ0) is 22.2. The van der Waals surface area contributed by atoms with E-state index in [-0.39, 0.29) is 28.5 Å². The molecule has 3 aromatic carbocycles. The van der Waals surface area contributed by atoms with Gasteiger partial charge in [-0.3, -0.25) is 9.59 Å². The number of halogens is 2. The molecule has 2 amide bonds. The molecular formula is C23H21Br2N3O4. The molecule has 7 nitrogen and oxygen atoms in total. The molecule has 166 valence electrons. The minimum absolute atomic E-state index is 0. The largest absolute Gasteiger partial charge is 1.00 e. The van der Waals surface area contributed by atoms with Crippen LogP contribution in [0, 0.1) is 0 Å². The van der Waals surface area contributed by atoms with Crippen LogP contribution < -0.4 is 42.3 Å². The highest BCUT2D eigenvalue weighted by atomic mass is 79.9. The van der Waals surface area contributed by atoms with Crippen molar-refractivity contribution in [3.63, 3.8) is 0 Å². The maximum atomic E-state index is 12.8. The van der Waals surface area contributed by atoms with E-state index in [0.717, 1.165) is 5.56 Å². The Labute approximate surface area is 204 Å². The molecule has 0 aliphatic carbocycles. The molecule has 9 heteroatoms. The maximum Gasteiger partial charge on any atom is 0.307 e. The third kappa shape index (κ3) is 6.41. The van der Waals surface area contributed by atoms with Crippen molar-refractivity contribution in [1.82, 2.24) is 5.43 Å². The second kappa shape index (κ2) is 12.0. The van der Waals surface area contributed by atoms with Gasteiger partial charge in [0.05, 0.1) is 25.5 Å². The van der Waals surface area contributed by atoms with Crippen LogP contribution in [0.2, 0.25) is 0 Å². The standard InChI is InChI=1S/C23H20BrN3O4.BrH/c1-30-20-11-8-16(12-21(20)31-2)22(28)26-19-10-9-17(24)13-18(19)23(29)27-25-14-15-6-4-3-5-7-15;/h3-14H,1-2H3,(H,26,28)(H,27,29);1H. The van der Waals surface area contributed by atoms with Crippen LogP contribution in [0.1, 0.15) is 26.3 Å². The SMILES string of the molecule is COc1ccc(C(=O)Nc2ccc(Br)cc2C(=O)N[NH+]=Cc2ccccc2)cc1OC.[Br-]. The van der Waals surface area contributed by atoms with Crippen molar-refractivity contribution < 1.29 is 41.1 Å². The van der Waals surface area contributed by atoms with Gasteiger partial charge in [-0.2, -0.15) is 0 Å². The fourth-order valence-electron chi connectivity index (χ4n) is 2.79. The monoisotopic (exact) mass is 561 g/mol. The molecule has 0 atom stereocenters. The predicted molar refractivity (Wildman–Crippen MR) is 122 cm³/mol. The molecule has 32 heavy (non-hydrogen) atoms. The van der Waals surface area contributed by atoms with Gasteiger partial charge in [-0.15, -0.1) is 10.5 Å². The number of carbonyl (C=O) groups excluding carboxylic acids is 2. The second-order valence-electron chi connectivity index (χ2n) is 6.37. The molecule has 0 radical (unpaired) electrons. The summed E-state index contributed by atoms with van der Waals surface area (Å²) in [5.41, 5.74) is 4.53. The van der Waals surface area contributed by atoms with E-state index >= 15 is 0 Å². The van der Waals surface area contributed by atoms with E-state index < -0.39 is 5.91 Å². The van der Waals surface area contributed by atoms with E-state index in [9.17, 15) is 9.59 Å². The minimum Gasteiger partial charge on any atom is -1.00 e. The normalized spacial score (nSPS) is 10.2. The summed E-state index contributed by atoms with van der Waals surface area (Å²) in [7, 11) is 3.02. The topological polar surface area (TPSA) is 90.6 Å². The lowest BCUT2D eigenvalue weighted by molar-refractivity contribution is -0.503. The number of carbonyl (C=O) groups is 2. The number of hydrazine groups is 1. The number of anilines is 1. The summed E-state index contributed by atoms with van der Waals surface area (Å²) in [6, 6.07) is 19.3. The Morgan fingerprint density at radius 3 is 2.31 bits per heavy atom. The predicted octanol–water partition coefficient (Wildman–Crippen LogP) is -0.433. The first-order chi connectivity index (χ1) is 15.0. The average molecular weight is 563 g/mol. The summed E-state index contributed by atoms with van der Waals surface area (Å²) in [4.78, 5) is 25.5. The van der Waals surface area contributed by atoms with Crippen molar-refractivity contribution in [2.24, 2.45) is 0 Å². The summed E-state index contributed by atoms with van der Waals surface area (Å²) in [6.07, 6.45) is 1.66. The smallest absolute Gasteiger partial charge is 0.307 e. The molecule has 3 aromatic rings. The molecule has 0 aliphatic rings. The van der Waals surface area contributed by atoms with Gasteiger partial charge in [0.15, 0.2) is 17.7 Å². The van der Waals surface area contributed by atoms with Gasteiger partial charge in [0, 0.05) is 15.6 Å². The third-order valence-corrected chi connectivity index (χ3v) is 4.84. The molecule has 0 spiro atoms. The molecule has 3 rings (SSSR count). The van der Waals surface area contributed by atoms with Crippen LogP contribution in [-0.2, 0) is 0 Å². The van der Waals surface area contributed by atoms with E-state index in [1.807, 2.05) is 30.3 Å². The van der Waals surface area contributed by atoms with Crippen molar-refractivity contribution >= 4 is 39.6 Å². The Morgan fingerprint density at radius 2 is 1.62 bits per heavy atom. The second-order valence-corrected chi connectivity index (χ2v) is 7.28. The lowest BCUT2D eigenvalue weighted by Gasteiger charge is -2.12. The fourth-order valence-corrected chi connectivity index (χ4v) is 3.15. The van der Waals surface area contributed by atoms with Crippen LogP contribution in [0.15, 0.2) is 71.2 Å². The molecule has 3 N–H and O–H groups in total. The summed E-state index contributed by atoms with van der Waals surface area (Å²) < 4.78 is 11.1. The van der Waals surface area contributed by atoms with Crippen molar-refractivity contribution in [1.29, 1.82) is 0 Å². The van der Waals surface area contributed by atoms with Gasteiger partial charge < -0.3 is 31.8 Å². The first kappa shape index (κ1) is 25.1. The highest BCUT2D eigenvalue weighted by Crippen LogP contribution is 2.28. The number of ether oxygens (including phenoxy) is 2. The summed E-state index contributed by atoms with van der Waals surface area (Å²) in [5, 5.41) is 5.55. The van der Waals surface area contributed by atoms with E-state index in [4.69, 9.17) is 9.47 Å². The molecule has 0 saturated carbocycles. The Kier molecular flexibility index (Phi) is 9.42. The van der Waals surface area contributed by atoms with Crippen LogP contribution in [0.5, 0.6) is 11.5 Å². The Hall–Kier alpha value is -3.17. The first-order valence-electron chi connectivity index (χ1n) is 9.29. The van der Waals surface area contributed by atoms with Gasteiger partial charge >= 0.3 is 5.91 Å². The molecule has 0 saturated heterocycles. The van der Waals surface area contributed by atoms with Gasteiger partial charge in [-0.25, -0.2) is 0 Å². The van der Waals surface area contributed by atoms with Crippen LogP contribution in [0.3, 0.4) is 0 Å². The minimum atomic E-state index is -0.406. The van der Waals surface area contributed by atoms with Gasteiger partial charge in [0.25, 0.3) is 5.91 Å². The van der Waals surface area contributed by atoms with Crippen LogP contribution >= 0.6 is 15.9 Å². The molecule has 0 unspecified atom stereocenters. The number of rotatable bonds is 7. The summed E-state index contributed by atoms with van der Waals surface area (Å²) >= 11 is 3.36. The van der Waals surface area contributed by atoms with Gasteiger partial charge in [-0.1, -0.05) is 34.1 Å². The van der Waals surface area contributed by atoms with Crippen LogP contribution in [0.4, 0.5) is 5.69 Å². The van der Waals surface area contributed by atoms with Crippen molar-refractivity contribution in [3.05, 3.63) is 87.9 Å². The van der Waals surface area contributed by atoms with Crippen molar-refractivity contribution in [3.8, 4) is 11.5 Å². The number of hydrazone groups is 1. The first-order valence-corrected chi connectivity index (χ1v) is 10.1. The van der Waals surface area contributed by atoms with Gasteiger partial charge in [0.2, 0.25) is 0 Å². The van der Waals surface area contributed by atoms with Crippen molar-refractivity contribution in [2.75, 3.05) is 19.5 Å². The molecular weight excluding hydrogens is 542 g/mol. The van der Waals surface area contributed by atoms with E-state index in [1.165, 1.54) is 14.2 Å². The van der Waals surface area contributed by atoms with Crippen LogP contribution in [0.25, 0.3) is 0 Å². The quantitative estimate of drug-likeness (QED) is 0.269. The van der Waals surface area contributed by atoms with E-state index in [2.05, 4.69) is 31.8 Å². The average Bonchev–Trinajstić information content (AvgIpc) is 2.80. The number of methoxy groups -OCH3 is 2. The molecule has 0 heterocycles. The van der Waals surface area contributed by atoms with Crippen molar-refractivity contribution in [2.45, 2.75) is 0 Å². The lowest BCUT2D eigenvalue weighted by atomic mass is 10.1. The van der Waals surface area contributed by atoms with E-state index in [0.29, 0.717) is 27.2 Å². The number of hydrogen-bond donors (Lipinski definition) is 3. The summed E-state index contributed by atoms with van der Waals surface area (Å²) in [6.45, 7) is 0. The third-order valence-electron chi connectivity index (χ3n) is 4.34.